The van der Waals surface area contributed by atoms with Gasteiger partial charge in [-0.15, -0.1) is 0 Å². The third-order valence-electron chi connectivity index (χ3n) is 2.27. The van der Waals surface area contributed by atoms with Gasteiger partial charge in [0, 0.05) is 32.1 Å². The van der Waals surface area contributed by atoms with Crippen LogP contribution in [-0.2, 0) is 4.79 Å². The van der Waals surface area contributed by atoms with Crippen molar-refractivity contribution < 1.29 is 14.7 Å². The summed E-state index contributed by atoms with van der Waals surface area (Å²) < 4.78 is 0. The molecule has 6 heteroatoms. The molecular formula is C9H16N2O3S. The van der Waals surface area contributed by atoms with Gasteiger partial charge in [-0.25, -0.2) is 4.79 Å². The van der Waals surface area contributed by atoms with Crippen molar-refractivity contribution in [2.45, 2.75) is 12.5 Å². The second-order valence-electron chi connectivity index (χ2n) is 3.70. The fourth-order valence-electron chi connectivity index (χ4n) is 1.53. The molecule has 2 amide bonds. The Morgan fingerprint density at radius 3 is 2.73 bits per heavy atom. The van der Waals surface area contributed by atoms with E-state index in [4.69, 9.17) is 5.11 Å². The van der Waals surface area contributed by atoms with Crippen LogP contribution in [0.5, 0.6) is 0 Å². The summed E-state index contributed by atoms with van der Waals surface area (Å²) in [5.41, 5.74) is 0. The summed E-state index contributed by atoms with van der Waals surface area (Å²) in [5, 5.41) is 8.74. The number of thioether (sulfide) groups is 1. The number of carbonyl (C=O) groups is 2. The number of carboxylic acid groups (broad SMARTS) is 1. The van der Waals surface area contributed by atoms with E-state index in [1.807, 2.05) is 0 Å². The first-order valence-electron chi connectivity index (χ1n) is 4.80. The van der Waals surface area contributed by atoms with Crippen molar-refractivity contribution in [1.29, 1.82) is 0 Å². The van der Waals surface area contributed by atoms with Gasteiger partial charge >= 0.3 is 12.0 Å². The van der Waals surface area contributed by atoms with E-state index in [0.29, 0.717) is 12.3 Å². The molecule has 1 rings (SSSR count). The average molecular weight is 232 g/mol. The van der Waals surface area contributed by atoms with Crippen LogP contribution >= 0.6 is 11.8 Å². The highest BCUT2D eigenvalue weighted by Crippen LogP contribution is 2.19. The molecule has 0 aliphatic carbocycles. The lowest BCUT2D eigenvalue weighted by atomic mass is 10.2. The first-order valence-corrected chi connectivity index (χ1v) is 5.95. The maximum Gasteiger partial charge on any atom is 0.319 e. The van der Waals surface area contributed by atoms with Gasteiger partial charge in [0.15, 0.2) is 0 Å². The van der Waals surface area contributed by atoms with Crippen LogP contribution in [0.1, 0.15) is 6.42 Å². The van der Waals surface area contributed by atoms with E-state index in [1.54, 1.807) is 30.8 Å². The Morgan fingerprint density at radius 2 is 2.20 bits per heavy atom. The molecule has 0 aromatic carbocycles. The summed E-state index contributed by atoms with van der Waals surface area (Å²) in [6.45, 7) is 0.639. The van der Waals surface area contributed by atoms with E-state index in [-0.39, 0.29) is 18.5 Å². The first-order chi connectivity index (χ1) is 7.02. The van der Waals surface area contributed by atoms with Crippen LogP contribution in [0.4, 0.5) is 4.79 Å². The van der Waals surface area contributed by atoms with Crippen LogP contribution in [-0.4, -0.2) is 65.1 Å². The molecular weight excluding hydrogens is 216 g/mol. The van der Waals surface area contributed by atoms with E-state index < -0.39 is 5.97 Å². The van der Waals surface area contributed by atoms with E-state index in [1.165, 1.54) is 4.90 Å². The monoisotopic (exact) mass is 232 g/mol. The normalized spacial score (nSPS) is 21.2. The Hall–Kier alpha value is -0.910. The smallest absolute Gasteiger partial charge is 0.319 e. The van der Waals surface area contributed by atoms with Crippen molar-refractivity contribution >= 4 is 23.8 Å². The number of hydrogen-bond acceptors (Lipinski definition) is 3. The average Bonchev–Trinajstić information content (AvgIpc) is 2.16. The molecule has 0 spiro atoms. The topological polar surface area (TPSA) is 60.9 Å². The van der Waals surface area contributed by atoms with Crippen molar-refractivity contribution in [3.8, 4) is 0 Å². The van der Waals surface area contributed by atoms with E-state index in [0.717, 1.165) is 5.75 Å². The molecule has 0 aromatic heterocycles. The molecule has 1 atom stereocenters. The third-order valence-corrected chi connectivity index (χ3v) is 3.36. The quantitative estimate of drug-likeness (QED) is 0.755. The van der Waals surface area contributed by atoms with Gasteiger partial charge in [-0.3, -0.25) is 4.79 Å². The lowest BCUT2D eigenvalue weighted by Crippen LogP contribution is -2.50. The highest BCUT2D eigenvalue weighted by atomic mass is 32.2. The van der Waals surface area contributed by atoms with Gasteiger partial charge in [-0.05, 0) is 0 Å². The summed E-state index contributed by atoms with van der Waals surface area (Å²) >= 11 is 1.70. The van der Waals surface area contributed by atoms with Crippen molar-refractivity contribution in [2.24, 2.45) is 0 Å². The van der Waals surface area contributed by atoms with Crippen LogP contribution in [0.15, 0.2) is 0 Å². The highest BCUT2D eigenvalue weighted by molar-refractivity contribution is 7.99. The second-order valence-corrected chi connectivity index (χ2v) is 4.85. The zero-order chi connectivity index (χ0) is 11.4. The molecule has 5 nitrogen and oxygen atoms in total. The minimum Gasteiger partial charge on any atom is -0.481 e. The summed E-state index contributed by atoms with van der Waals surface area (Å²) in [5.74, 6) is 0.751. The van der Waals surface area contributed by atoms with Crippen molar-refractivity contribution in [1.82, 2.24) is 9.80 Å². The molecule has 1 N–H and O–H groups in total. The Kier molecular flexibility index (Phi) is 4.26. The predicted molar refractivity (Wildman–Crippen MR) is 59.2 cm³/mol. The number of nitrogens with zero attached hydrogens (tertiary/aromatic N) is 2. The molecule has 0 radical (unpaired) electrons. The predicted octanol–water partition coefficient (Wildman–Crippen LogP) is 0.560. The molecule has 15 heavy (non-hydrogen) atoms. The molecule has 1 heterocycles. The van der Waals surface area contributed by atoms with E-state index in [9.17, 15) is 9.59 Å². The summed E-state index contributed by atoms with van der Waals surface area (Å²) in [6.07, 6.45) is 0.0343. The van der Waals surface area contributed by atoms with Crippen molar-refractivity contribution in [2.75, 3.05) is 32.1 Å². The summed E-state index contributed by atoms with van der Waals surface area (Å²) in [7, 11) is 3.36. The maximum absolute atomic E-state index is 11.7. The molecule has 0 saturated carbocycles. The molecule has 0 bridgehead atoms. The number of carbonyl (C=O) groups excluding carboxylic acids is 1. The lowest BCUT2D eigenvalue weighted by molar-refractivity contribution is -0.138. The van der Waals surface area contributed by atoms with Crippen LogP contribution in [0, 0.1) is 0 Å². The van der Waals surface area contributed by atoms with Crippen LogP contribution in [0.3, 0.4) is 0 Å². The maximum atomic E-state index is 11.7. The fraction of sp³-hybridized carbons (Fsp3) is 0.778. The lowest BCUT2D eigenvalue weighted by Gasteiger charge is -2.36. The van der Waals surface area contributed by atoms with Crippen molar-refractivity contribution in [3.05, 3.63) is 0 Å². The molecule has 1 aliphatic heterocycles. The van der Waals surface area contributed by atoms with Crippen LogP contribution < -0.4 is 0 Å². The highest BCUT2D eigenvalue weighted by Gasteiger charge is 2.29. The standard InChI is InChI=1S/C9H16N2O3S/c1-10(2)9(14)11-3-4-15-6-7(11)5-8(12)13/h7H,3-6H2,1-2H3,(H,12,13). The van der Waals surface area contributed by atoms with E-state index in [2.05, 4.69) is 0 Å². The Morgan fingerprint density at radius 1 is 1.53 bits per heavy atom. The van der Waals surface area contributed by atoms with Crippen LogP contribution in [0.2, 0.25) is 0 Å². The first kappa shape index (κ1) is 12.2. The number of rotatable bonds is 2. The minimum absolute atomic E-state index is 0.0343. The molecule has 1 unspecified atom stereocenters. The Balaban J connectivity index is 2.65. The van der Waals surface area contributed by atoms with Gasteiger partial charge in [0.1, 0.15) is 0 Å². The molecule has 1 saturated heterocycles. The number of aliphatic carboxylic acids is 1. The number of urea groups is 1. The van der Waals surface area contributed by atoms with Gasteiger partial charge in [0.25, 0.3) is 0 Å². The van der Waals surface area contributed by atoms with Gasteiger partial charge in [0.05, 0.1) is 12.5 Å². The van der Waals surface area contributed by atoms with Crippen molar-refractivity contribution in [3.63, 3.8) is 0 Å². The largest absolute Gasteiger partial charge is 0.481 e. The van der Waals surface area contributed by atoms with Gasteiger partial charge in [0.2, 0.25) is 0 Å². The number of hydrogen-bond donors (Lipinski definition) is 1. The van der Waals surface area contributed by atoms with Gasteiger partial charge in [-0.1, -0.05) is 0 Å². The van der Waals surface area contributed by atoms with Crippen LogP contribution in [0.25, 0.3) is 0 Å². The summed E-state index contributed by atoms with van der Waals surface area (Å²) in [4.78, 5) is 25.5. The summed E-state index contributed by atoms with van der Waals surface area (Å²) in [6, 6.07) is -0.266. The SMILES string of the molecule is CN(C)C(=O)N1CCSCC1CC(=O)O. The molecule has 1 fully saturated rings. The zero-order valence-corrected chi connectivity index (χ0v) is 9.79. The van der Waals surface area contributed by atoms with Gasteiger partial charge < -0.3 is 14.9 Å². The second kappa shape index (κ2) is 5.25. The Bertz CT molecular complexity index is 258. The third kappa shape index (κ3) is 3.30. The molecule has 0 aromatic rings. The number of carboxylic acids is 1. The Labute approximate surface area is 93.4 Å². The fourth-order valence-corrected chi connectivity index (χ4v) is 2.60. The van der Waals surface area contributed by atoms with E-state index >= 15 is 0 Å². The molecule has 1 aliphatic rings. The zero-order valence-electron chi connectivity index (χ0n) is 8.97. The minimum atomic E-state index is -0.848. The number of amides is 2. The molecule has 86 valence electrons. The van der Waals surface area contributed by atoms with Gasteiger partial charge in [-0.2, -0.15) is 11.8 Å².